The normalized spacial score (nSPS) is 16.6. The fourth-order valence-electron chi connectivity index (χ4n) is 6.04. The van der Waals surface area contributed by atoms with E-state index in [0.717, 1.165) is 0 Å². The van der Waals surface area contributed by atoms with Crippen molar-refractivity contribution in [2.75, 3.05) is 0 Å². The first kappa shape index (κ1) is 16.8. The Morgan fingerprint density at radius 3 is 1.41 bits per heavy atom. The minimum atomic E-state index is -0.0254. The van der Waals surface area contributed by atoms with Gasteiger partial charge in [-0.3, -0.25) is 0 Å². The fourth-order valence-corrected chi connectivity index (χ4v) is 6.04. The van der Waals surface area contributed by atoms with Crippen molar-refractivity contribution in [1.82, 2.24) is 0 Å². The van der Waals surface area contributed by atoms with Crippen molar-refractivity contribution < 1.29 is 0 Å². The number of rotatable bonds is 2. The molecule has 0 spiro atoms. The molecule has 4 aromatic rings. The first-order chi connectivity index (χ1) is 14.2. The number of fused-ring (bicyclic) bond motifs is 6. The molecule has 0 N–H and O–H groups in total. The highest BCUT2D eigenvalue weighted by Gasteiger charge is 2.48. The Morgan fingerprint density at radius 1 is 0.552 bits per heavy atom. The smallest absolute Gasteiger partial charge is 0.0221 e. The topological polar surface area (TPSA) is 0 Å². The molecule has 0 nitrogen and oxygen atoms in total. The molecule has 2 aliphatic rings. The minimum absolute atomic E-state index is 0.0254. The van der Waals surface area contributed by atoms with Crippen LogP contribution in [0.5, 0.6) is 0 Å². The van der Waals surface area contributed by atoms with Crippen molar-refractivity contribution >= 4 is 0 Å². The molecular formula is C29H24. The zero-order valence-corrected chi connectivity index (χ0v) is 16.9. The van der Waals surface area contributed by atoms with Gasteiger partial charge in [0.05, 0.1) is 0 Å². The van der Waals surface area contributed by atoms with Gasteiger partial charge < -0.3 is 0 Å². The molecular weight excluding hydrogens is 348 g/mol. The number of hydrogen-bond donors (Lipinski definition) is 0. The van der Waals surface area contributed by atoms with Crippen LogP contribution in [0.3, 0.4) is 0 Å². The standard InChI is InChI=1S/C29H24/c1-19(28-24-15-5-3-11-20(24)21-12-4-6-16-25(21)28)29(2)26-17-9-7-13-22(26)23-14-8-10-18-27(23)29/h3-19,28H,1-2H3/t19-/m0/s1. The SMILES string of the molecule is C[C@@H](C1c2ccccc2-c2ccccc21)C1(C)c2ccccc2-c2ccccc21. The first-order valence-electron chi connectivity index (χ1n) is 10.6. The maximum absolute atomic E-state index is 2.46. The lowest BCUT2D eigenvalue weighted by molar-refractivity contribution is 0.348. The van der Waals surface area contributed by atoms with E-state index in [1.807, 2.05) is 0 Å². The Hall–Kier alpha value is -3.12. The molecule has 0 heterocycles. The summed E-state index contributed by atoms with van der Waals surface area (Å²) in [6.45, 7) is 4.92. The second-order valence-electron chi connectivity index (χ2n) is 8.73. The molecule has 1 atom stereocenters. The van der Waals surface area contributed by atoms with Crippen LogP contribution < -0.4 is 0 Å². The quantitative estimate of drug-likeness (QED) is 0.343. The zero-order valence-electron chi connectivity index (χ0n) is 16.9. The maximum Gasteiger partial charge on any atom is 0.0221 e. The molecule has 140 valence electrons. The molecule has 29 heavy (non-hydrogen) atoms. The van der Waals surface area contributed by atoms with E-state index in [2.05, 4.69) is 111 Å². The monoisotopic (exact) mass is 372 g/mol. The van der Waals surface area contributed by atoms with Crippen LogP contribution in [-0.2, 0) is 5.41 Å². The van der Waals surface area contributed by atoms with E-state index in [-0.39, 0.29) is 5.41 Å². The lowest BCUT2D eigenvalue weighted by Gasteiger charge is -2.38. The average molecular weight is 373 g/mol. The van der Waals surface area contributed by atoms with Crippen molar-refractivity contribution in [2.45, 2.75) is 25.2 Å². The third-order valence-corrected chi connectivity index (χ3v) is 7.56. The lowest BCUT2D eigenvalue weighted by atomic mass is 9.64. The van der Waals surface area contributed by atoms with Gasteiger partial charge >= 0.3 is 0 Å². The summed E-state index contributed by atoms with van der Waals surface area (Å²) in [5, 5.41) is 0. The van der Waals surface area contributed by atoms with Gasteiger partial charge in [-0.1, -0.05) is 111 Å². The van der Waals surface area contributed by atoms with Crippen LogP contribution in [0.15, 0.2) is 97.1 Å². The van der Waals surface area contributed by atoms with Crippen LogP contribution in [0, 0.1) is 5.92 Å². The molecule has 0 radical (unpaired) electrons. The molecule has 0 saturated carbocycles. The molecule has 4 aromatic carbocycles. The van der Waals surface area contributed by atoms with Crippen molar-refractivity contribution in [3.05, 3.63) is 119 Å². The zero-order chi connectivity index (χ0) is 19.6. The van der Waals surface area contributed by atoms with Gasteiger partial charge in [0.1, 0.15) is 0 Å². The van der Waals surface area contributed by atoms with Crippen LogP contribution >= 0.6 is 0 Å². The average Bonchev–Trinajstić information content (AvgIpc) is 3.25. The summed E-state index contributed by atoms with van der Waals surface area (Å²) in [7, 11) is 0. The van der Waals surface area contributed by atoms with Crippen molar-refractivity contribution in [2.24, 2.45) is 5.92 Å². The van der Waals surface area contributed by atoms with Crippen LogP contribution in [-0.4, -0.2) is 0 Å². The van der Waals surface area contributed by atoms with E-state index >= 15 is 0 Å². The summed E-state index contributed by atoms with van der Waals surface area (Å²) in [6.07, 6.45) is 0. The Kier molecular flexibility index (Phi) is 3.44. The number of benzene rings is 4. The highest BCUT2D eigenvalue weighted by Crippen LogP contribution is 2.59. The van der Waals surface area contributed by atoms with Crippen molar-refractivity contribution in [3.8, 4) is 22.3 Å². The molecule has 0 aliphatic heterocycles. The minimum Gasteiger partial charge on any atom is -0.0619 e. The highest BCUT2D eigenvalue weighted by molar-refractivity contribution is 5.83. The van der Waals surface area contributed by atoms with Crippen LogP contribution in [0.25, 0.3) is 22.3 Å². The Morgan fingerprint density at radius 2 is 0.931 bits per heavy atom. The predicted molar refractivity (Wildman–Crippen MR) is 121 cm³/mol. The van der Waals surface area contributed by atoms with Gasteiger partial charge in [0.25, 0.3) is 0 Å². The fraction of sp³-hybridized carbons (Fsp3) is 0.172. The molecule has 0 heteroatoms. The van der Waals surface area contributed by atoms with Gasteiger partial charge in [-0.2, -0.15) is 0 Å². The summed E-state index contributed by atoms with van der Waals surface area (Å²) >= 11 is 0. The summed E-state index contributed by atoms with van der Waals surface area (Å²) in [6, 6.07) is 36.0. The highest BCUT2D eigenvalue weighted by atomic mass is 14.5. The largest absolute Gasteiger partial charge is 0.0619 e. The number of hydrogen-bond acceptors (Lipinski definition) is 0. The third kappa shape index (κ3) is 2.09. The van der Waals surface area contributed by atoms with Crippen LogP contribution in [0.4, 0.5) is 0 Å². The van der Waals surface area contributed by atoms with E-state index < -0.39 is 0 Å². The molecule has 0 aromatic heterocycles. The van der Waals surface area contributed by atoms with E-state index in [1.54, 1.807) is 0 Å². The van der Waals surface area contributed by atoms with Crippen molar-refractivity contribution in [1.29, 1.82) is 0 Å². The summed E-state index contributed by atoms with van der Waals surface area (Å²) in [5.41, 5.74) is 11.5. The molecule has 0 unspecified atom stereocenters. The van der Waals surface area contributed by atoms with Crippen molar-refractivity contribution in [3.63, 3.8) is 0 Å². The Balaban J connectivity index is 1.60. The Labute approximate surface area is 172 Å². The molecule has 0 saturated heterocycles. The Bertz CT molecular complexity index is 1160. The molecule has 0 bridgehead atoms. The van der Waals surface area contributed by atoms with Crippen LogP contribution in [0.2, 0.25) is 0 Å². The summed E-state index contributed by atoms with van der Waals surface area (Å²) in [4.78, 5) is 0. The van der Waals surface area contributed by atoms with Gasteiger partial charge in [-0.05, 0) is 50.4 Å². The van der Waals surface area contributed by atoms with E-state index in [0.29, 0.717) is 11.8 Å². The molecule has 2 aliphatic carbocycles. The van der Waals surface area contributed by atoms with Gasteiger partial charge in [0.15, 0.2) is 0 Å². The first-order valence-corrected chi connectivity index (χ1v) is 10.6. The summed E-state index contributed by atoms with van der Waals surface area (Å²) in [5.74, 6) is 0.823. The second kappa shape index (κ2) is 5.94. The third-order valence-electron chi connectivity index (χ3n) is 7.56. The molecule has 6 rings (SSSR count). The molecule has 0 fully saturated rings. The van der Waals surface area contributed by atoms with Gasteiger partial charge in [-0.25, -0.2) is 0 Å². The predicted octanol–water partition coefficient (Wildman–Crippen LogP) is 7.42. The van der Waals surface area contributed by atoms with E-state index in [9.17, 15) is 0 Å². The second-order valence-corrected chi connectivity index (χ2v) is 8.73. The lowest BCUT2D eigenvalue weighted by Crippen LogP contribution is -2.33. The van der Waals surface area contributed by atoms with E-state index in [4.69, 9.17) is 0 Å². The summed E-state index contributed by atoms with van der Waals surface area (Å²) < 4.78 is 0. The van der Waals surface area contributed by atoms with Crippen LogP contribution in [0.1, 0.15) is 42.0 Å². The van der Waals surface area contributed by atoms with E-state index in [1.165, 1.54) is 44.5 Å². The van der Waals surface area contributed by atoms with Gasteiger partial charge in [-0.15, -0.1) is 0 Å². The maximum atomic E-state index is 2.46. The van der Waals surface area contributed by atoms with Gasteiger partial charge in [0, 0.05) is 11.3 Å². The van der Waals surface area contributed by atoms with Gasteiger partial charge in [0.2, 0.25) is 0 Å². The molecule has 0 amide bonds.